The molecule has 3 heterocycles. The summed E-state index contributed by atoms with van der Waals surface area (Å²) >= 11 is 0. The third kappa shape index (κ3) is 4.85. The van der Waals surface area contributed by atoms with Crippen molar-refractivity contribution in [2.45, 2.75) is 52.2 Å². The summed E-state index contributed by atoms with van der Waals surface area (Å²) < 4.78 is 40.4. The summed E-state index contributed by atoms with van der Waals surface area (Å²) in [6, 6.07) is 9.51. The van der Waals surface area contributed by atoms with Crippen molar-refractivity contribution in [1.29, 1.82) is 0 Å². The molecule has 0 spiro atoms. The lowest BCUT2D eigenvalue weighted by Crippen LogP contribution is -2.24. The maximum Gasteiger partial charge on any atom is 0.254 e. The number of fused-ring (bicyclic) bond motifs is 1. The number of amides is 1. The fraction of sp³-hybridized carbons (Fsp3) is 0.321. The first kappa shape index (κ1) is 24.7. The van der Waals surface area contributed by atoms with E-state index in [4.69, 9.17) is 9.15 Å². The van der Waals surface area contributed by atoms with Crippen LogP contribution in [0.4, 0.5) is 8.78 Å². The van der Waals surface area contributed by atoms with Gasteiger partial charge in [-0.1, -0.05) is 32.9 Å². The highest BCUT2D eigenvalue weighted by Gasteiger charge is 2.27. The zero-order chi connectivity index (χ0) is 26.1. The quantitative estimate of drug-likeness (QED) is 0.339. The molecule has 1 aliphatic heterocycles. The Kier molecular flexibility index (Phi) is 6.78. The van der Waals surface area contributed by atoms with Crippen LogP contribution >= 0.6 is 0 Å². The Hall–Kier alpha value is -4.01. The number of carbonyl (C=O) groups excluding carboxylic acids is 1. The maximum absolute atomic E-state index is 13.7. The molecule has 7 nitrogen and oxygen atoms in total. The van der Waals surface area contributed by atoms with E-state index >= 15 is 0 Å². The Bertz CT molecular complexity index is 1470. The van der Waals surface area contributed by atoms with Gasteiger partial charge in [0.25, 0.3) is 5.91 Å². The largest absolute Gasteiger partial charge is 0.475 e. The number of hydrogen-bond acceptors (Lipinski definition) is 5. The van der Waals surface area contributed by atoms with Crippen LogP contribution in [0, 0.1) is 11.6 Å². The lowest BCUT2D eigenvalue weighted by Gasteiger charge is -2.14. The molecule has 0 radical (unpaired) electrons. The normalized spacial score (nSPS) is 15.3. The minimum Gasteiger partial charge on any atom is -0.475 e. The van der Waals surface area contributed by atoms with E-state index in [-0.39, 0.29) is 24.4 Å². The Morgan fingerprint density at radius 2 is 2.03 bits per heavy atom. The molecule has 0 saturated carbocycles. The summed E-state index contributed by atoms with van der Waals surface area (Å²) in [7, 11) is 0. The van der Waals surface area contributed by atoms with Crippen molar-refractivity contribution in [1.82, 2.24) is 14.9 Å². The van der Waals surface area contributed by atoms with Gasteiger partial charge >= 0.3 is 0 Å². The van der Waals surface area contributed by atoms with Crippen molar-refractivity contribution >= 4 is 22.7 Å². The second-order valence-electron chi connectivity index (χ2n) is 9.40. The second-order valence-corrected chi connectivity index (χ2v) is 9.40. The number of aliphatic imine (C=N–C) groups is 1. The first-order valence-corrected chi connectivity index (χ1v) is 12.3. The molecule has 0 aliphatic carbocycles. The zero-order valence-corrected chi connectivity index (χ0v) is 20.9. The van der Waals surface area contributed by atoms with Gasteiger partial charge in [0.2, 0.25) is 11.8 Å². The number of halogens is 2. The summed E-state index contributed by atoms with van der Waals surface area (Å²) in [5.74, 6) is -1.10. The van der Waals surface area contributed by atoms with Crippen LogP contribution < -0.4 is 5.32 Å². The first-order valence-electron chi connectivity index (χ1n) is 12.3. The van der Waals surface area contributed by atoms with Gasteiger partial charge in [-0.2, -0.15) is 0 Å². The van der Waals surface area contributed by atoms with Gasteiger partial charge in [0.1, 0.15) is 12.9 Å². The highest BCUT2D eigenvalue weighted by Crippen LogP contribution is 2.33. The van der Waals surface area contributed by atoms with Crippen molar-refractivity contribution in [2.24, 2.45) is 4.99 Å². The average Bonchev–Trinajstić information content (AvgIpc) is 3.64. The molecule has 1 amide bonds. The SMILES string of the molecule is CC[C@H]1COC(c2ccc3c(C(=O)NCc4ccc(F)c(F)c4)c(C(C)C)n(Cc4ncco4)c3c2)=N1. The van der Waals surface area contributed by atoms with Gasteiger partial charge in [0.15, 0.2) is 11.6 Å². The molecule has 1 atom stereocenters. The van der Waals surface area contributed by atoms with Crippen LogP contribution in [-0.2, 0) is 17.8 Å². The van der Waals surface area contributed by atoms with E-state index < -0.39 is 11.6 Å². The standard InChI is InChI=1S/C28H28F2N4O3/c1-4-19-15-37-28(33-19)18-6-7-20-23(12-18)34(14-24-31-9-10-36-24)26(16(2)3)25(20)27(35)32-13-17-5-8-21(29)22(30)11-17/h5-12,16,19H,4,13-15H2,1-3H3,(H,32,35)/t19-/m0/s1. The topological polar surface area (TPSA) is 81.6 Å². The number of carbonyl (C=O) groups is 1. The molecule has 9 heteroatoms. The van der Waals surface area contributed by atoms with Gasteiger partial charge in [-0.05, 0) is 42.2 Å². The van der Waals surface area contributed by atoms with Gasteiger partial charge in [-0.3, -0.25) is 4.79 Å². The van der Waals surface area contributed by atoms with E-state index in [1.165, 1.54) is 12.3 Å². The van der Waals surface area contributed by atoms with Crippen LogP contribution in [0.1, 0.15) is 66.2 Å². The lowest BCUT2D eigenvalue weighted by molar-refractivity contribution is 0.0951. The predicted octanol–water partition coefficient (Wildman–Crippen LogP) is 5.56. The van der Waals surface area contributed by atoms with Gasteiger partial charge in [0.05, 0.1) is 29.9 Å². The van der Waals surface area contributed by atoms with Crippen LogP contribution in [0.15, 0.2) is 58.3 Å². The molecule has 4 aromatic rings. The van der Waals surface area contributed by atoms with Crippen LogP contribution in [-0.4, -0.2) is 34.0 Å². The van der Waals surface area contributed by atoms with Crippen molar-refractivity contribution in [3.05, 3.63) is 88.8 Å². The fourth-order valence-electron chi connectivity index (χ4n) is 4.68. The van der Waals surface area contributed by atoms with Crippen LogP contribution in [0.2, 0.25) is 0 Å². The van der Waals surface area contributed by atoms with E-state index in [9.17, 15) is 13.6 Å². The number of oxazole rings is 1. The highest BCUT2D eigenvalue weighted by molar-refractivity contribution is 6.10. The molecule has 5 rings (SSSR count). The number of nitrogens with zero attached hydrogens (tertiary/aromatic N) is 3. The maximum atomic E-state index is 13.7. The summed E-state index contributed by atoms with van der Waals surface area (Å²) in [4.78, 5) is 22.5. The van der Waals surface area contributed by atoms with Gasteiger partial charge in [0, 0.05) is 23.2 Å². The number of nitrogens with one attached hydrogen (secondary N) is 1. The molecular weight excluding hydrogens is 478 g/mol. The molecule has 192 valence electrons. The fourth-order valence-corrected chi connectivity index (χ4v) is 4.68. The Morgan fingerprint density at radius 3 is 2.70 bits per heavy atom. The van der Waals surface area contributed by atoms with Crippen molar-refractivity contribution < 1.29 is 22.7 Å². The third-order valence-electron chi connectivity index (χ3n) is 6.52. The molecule has 2 aromatic heterocycles. The lowest BCUT2D eigenvalue weighted by atomic mass is 10.0. The highest BCUT2D eigenvalue weighted by atomic mass is 19.2. The van der Waals surface area contributed by atoms with Crippen molar-refractivity contribution in [2.75, 3.05) is 6.61 Å². The van der Waals surface area contributed by atoms with E-state index in [2.05, 4.69) is 22.2 Å². The second kappa shape index (κ2) is 10.2. The molecule has 2 aromatic carbocycles. The van der Waals surface area contributed by atoms with Gasteiger partial charge in [-0.25, -0.2) is 18.8 Å². The molecule has 37 heavy (non-hydrogen) atoms. The molecule has 1 aliphatic rings. The van der Waals surface area contributed by atoms with Gasteiger partial charge < -0.3 is 19.0 Å². The van der Waals surface area contributed by atoms with E-state index in [0.717, 1.165) is 40.7 Å². The Labute approximate surface area is 213 Å². The number of aromatic nitrogens is 2. The van der Waals surface area contributed by atoms with Crippen LogP contribution in [0.25, 0.3) is 10.9 Å². The molecule has 1 N–H and O–H groups in total. The molecule has 0 saturated heterocycles. The van der Waals surface area contributed by atoms with Gasteiger partial charge in [-0.15, -0.1) is 0 Å². The minimum atomic E-state index is -0.952. The van der Waals surface area contributed by atoms with Crippen LogP contribution in [0.5, 0.6) is 0 Å². The number of ether oxygens (including phenoxy) is 1. The number of benzene rings is 2. The van der Waals surface area contributed by atoms with E-state index in [1.807, 2.05) is 36.6 Å². The summed E-state index contributed by atoms with van der Waals surface area (Å²) in [6.45, 7) is 7.05. The third-order valence-corrected chi connectivity index (χ3v) is 6.52. The smallest absolute Gasteiger partial charge is 0.254 e. The predicted molar refractivity (Wildman–Crippen MR) is 136 cm³/mol. The number of hydrogen-bond donors (Lipinski definition) is 1. The summed E-state index contributed by atoms with van der Waals surface area (Å²) in [5.41, 5.74) is 3.45. The van der Waals surface area contributed by atoms with Crippen molar-refractivity contribution in [3.8, 4) is 0 Å². The molecule has 0 unspecified atom stereocenters. The minimum absolute atomic E-state index is 0.0145. The zero-order valence-electron chi connectivity index (χ0n) is 20.9. The van der Waals surface area contributed by atoms with Crippen LogP contribution in [0.3, 0.4) is 0 Å². The molecular formula is C28H28F2N4O3. The summed E-state index contributed by atoms with van der Waals surface area (Å²) in [6.07, 6.45) is 4.00. The first-order chi connectivity index (χ1) is 17.9. The Balaban J connectivity index is 1.58. The van der Waals surface area contributed by atoms with Crippen molar-refractivity contribution in [3.63, 3.8) is 0 Å². The Morgan fingerprint density at radius 1 is 1.19 bits per heavy atom. The molecule has 0 bridgehead atoms. The van der Waals surface area contributed by atoms with E-state index in [0.29, 0.717) is 36.1 Å². The average molecular weight is 507 g/mol. The monoisotopic (exact) mass is 506 g/mol. The summed E-state index contributed by atoms with van der Waals surface area (Å²) in [5, 5.41) is 3.63. The molecule has 0 fully saturated rings. The number of rotatable bonds is 8. The van der Waals surface area contributed by atoms with E-state index in [1.54, 1.807) is 6.20 Å².